The van der Waals surface area contributed by atoms with Gasteiger partial charge in [-0.15, -0.1) is 0 Å². The zero-order valence-electron chi connectivity index (χ0n) is 27.7. The normalized spacial score (nSPS) is 13.0. The van der Waals surface area contributed by atoms with Crippen LogP contribution in [0.5, 0.6) is 0 Å². The minimum atomic E-state index is -4.85. The first kappa shape index (κ1) is 36.5. The standard InChI is InChI=1S/C40H18F12N4/c41-37(42,43)22-4-8-31-27(13-22)28-14-23(38(44,45)46)5-9-32(28)55(31)35-19-54-36(17-26(35)21-3-1-2-20(12-21)18-53)56-33-10-6-24(39(47,48)49)15-29(33)30-16-25(40(50,51)52)7-11-34(30)56/h1-17,19H. The molecule has 0 aliphatic heterocycles. The molecular formula is C40H18F12N4. The average molecular weight is 783 g/mol. The molecule has 282 valence electrons. The Morgan fingerprint density at radius 1 is 0.464 bits per heavy atom. The molecule has 3 aromatic heterocycles. The van der Waals surface area contributed by atoms with Crippen LogP contribution in [-0.4, -0.2) is 14.1 Å². The minimum absolute atomic E-state index is 0.0230. The van der Waals surface area contributed by atoms with E-state index in [1.165, 1.54) is 39.6 Å². The molecule has 0 spiro atoms. The fraction of sp³-hybridized carbons (Fsp3) is 0.100. The first-order valence-electron chi connectivity index (χ1n) is 16.2. The lowest BCUT2D eigenvalue weighted by molar-refractivity contribution is -0.138. The van der Waals surface area contributed by atoms with Crippen LogP contribution < -0.4 is 0 Å². The summed E-state index contributed by atoms with van der Waals surface area (Å²) in [6, 6.07) is 19.8. The third kappa shape index (κ3) is 6.03. The van der Waals surface area contributed by atoms with Crippen LogP contribution in [0, 0.1) is 11.3 Å². The van der Waals surface area contributed by atoms with Crippen LogP contribution in [0.2, 0.25) is 0 Å². The molecule has 0 fully saturated rings. The van der Waals surface area contributed by atoms with Gasteiger partial charge in [0.1, 0.15) is 5.82 Å². The van der Waals surface area contributed by atoms with Crippen molar-refractivity contribution in [1.82, 2.24) is 14.1 Å². The Kier molecular flexibility index (Phi) is 7.98. The van der Waals surface area contributed by atoms with E-state index in [-0.39, 0.29) is 66.2 Å². The van der Waals surface area contributed by atoms with E-state index in [9.17, 15) is 57.9 Å². The maximum Gasteiger partial charge on any atom is 0.416 e. The number of hydrogen-bond donors (Lipinski definition) is 0. The molecule has 0 atom stereocenters. The van der Waals surface area contributed by atoms with Gasteiger partial charge in [0.15, 0.2) is 0 Å². The van der Waals surface area contributed by atoms with Crippen LogP contribution in [0.15, 0.2) is 109 Å². The Labute approximate surface area is 306 Å². The van der Waals surface area contributed by atoms with Gasteiger partial charge in [0, 0.05) is 27.1 Å². The lowest BCUT2D eigenvalue weighted by atomic mass is 10.0. The average Bonchev–Trinajstić information content (AvgIpc) is 3.64. The molecule has 0 radical (unpaired) electrons. The Hall–Kier alpha value is -6.50. The zero-order chi connectivity index (χ0) is 40.1. The third-order valence-electron chi connectivity index (χ3n) is 9.48. The van der Waals surface area contributed by atoms with Crippen molar-refractivity contribution in [2.45, 2.75) is 24.7 Å². The summed E-state index contributed by atoms with van der Waals surface area (Å²) in [5, 5.41) is 9.01. The zero-order valence-corrected chi connectivity index (χ0v) is 27.7. The summed E-state index contributed by atoms with van der Waals surface area (Å²) >= 11 is 0. The summed E-state index contributed by atoms with van der Waals surface area (Å²) in [5.41, 5.74) is -3.49. The third-order valence-corrected chi connectivity index (χ3v) is 9.48. The lowest BCUT2D eigenvalue weighted by Gasteiger charge is -2.17. The second-order valence-corrected chi connectivity index (χ2v) is 12.8. The largest absolute Gasteiger partial charge is 0.416 e. The summed E-state index contributed by atoms with van der Waals surface area (Å²) < 4.78 is 169. The van der Waals surface area contributed by atoms with Crippen molar-refractivity contribution >= 4 is 43.6 Å². The number of fused-ring (bicyclic) bond motifs is 6. The molecule has 16 heteroatoms. The van der Waals surface area contributed by atoms with Gasteiger partial charge in [-0.1, -0.05) is 12.1 Å². The number of nitriles is 1. The van der Waals surface area contributed by atoms with Gasteiger partial charge >= 0.3 is 24.7 Å². The Balaban J connectivity index is 1.46. The van der Waals surface area contributed by atoms with E-state index in [1.807, 2.05) is 6.07 Å². The van der Waals surface area contributed by atoms with E-state index in [0.29, 0.717) is 5.56 Å². The number of alkyl halides is 12. The topological polar surface area (TPSA) is 46.5 Å². The Bertz CT molecular complexity index is 2790. The highest BCUT2D eigenvalue weighted by molar-refractivity contribution is 6.11. The van der Waals surface area contributed by atoms with Crippen LogP contribution in [0.3, 0.4) is 0 Å². The van der Waals surface area contributed by atoms with Crippen molar-refractivity contribution in [1.29, 1.82) is 5.26 Å². The van der Waals surface area contributed by atoms with Crippen LogP contribution in [0.25, 0.3) is 66.2 Å². The van der Waals surface area contributed by atoms with Crippen LogP contribution >= 0.6 is 0 Å². The molecule has 0 saturated carbocycles. The molecule has 0 amide bonds. The number of halogens is 12. The molecule has 8 aromatic rings. The summed E-state index contributed by atoms with van der Waals surface area (Å²) in [6.45, 7) is 0. The molecule has 4 nitrogen and oxygen atoms in total. The van der Waals surface area contributed by atoms with E-state index in [1.54, 1.807) is 6.07 Å². The van der Waals surface area contributed by atoms with Gasteiger partial charge in [-0.3, -0.25) is 4.57 Å². The molecule has 56 heavy (non-hydrogen) atoms. The highest BCUT2D eigenvalue weighted by Gasteiger charge is 2.35. The van der Waals surface area contributed by atoms with Crippen LogP contribution in [-0.2, 0) is 24.7 Å². The number of aromatic nitrogens is 3. The number of pyridine rings is 1. The SMILES string of the molecule is N#Cc1cccc(-c2cc(-n3c4ccc(C(F)(F)F)cc4c4cc(C(F)(F)F)ccc43)ncc2-n2c3ccc(C(F)(F)F)cc3c3cc(C(F)(F)F)ccc32)c1. The molecule has 0 unspecified atom stereocenters. The van der Waals surface area contributed by atoms with Crippen LogP contribution in [0.4, 0.5) is 52.7 Å². The fourth-order valence-corrected chi connectivity index (χ4v) is 6.98. The smallest absolute Gasteiger partial charge is 0.307 e. The first-order chi connectivity index (χ1) is 26.2. The maximum atomic E-state index is 13.9. The molecule has 0 aliphatic carbocycles. The number of benzene rings is 5. The van der Waals surface area contributed by atoms with E-state index in [2.05, 4.69) is 4.98 Å². The van der Waals surface area contributed by atoms with Gasteiger partial charge in [-0.25, -0.2) is 4.98 Å². The van der Waals surface area contributed by atoms with Gasteiger partial charge in [-0.2, -0.15) is 57.9 Å². The molecular weight excluding hydrogens is 764 g/mol. The van der Waals surface area contributed by atoms with Crippen molar-refractivity contribution in [3.8, 4) is 28.7 Å². The second kappa shape index (κ2) is 12.3. The molecule has 0 bridgehead atoms. The summed E-state index contributed by atoms with van der Waals surface area (Å²) in [5.74, 6) is -0.0230. The predicted molar refractivity (Wildman–Crippen MR) is 183 cm³/mol. The Morgan fingerprint density at radius 2 is 0.857 bits per heavy atom. The highest BCUT2D eigenvalue weighted by atomic mass is 19.4. The van der Waals surface area contributed by atoms with E-state index in [4.69, 9.17) is 0 Å². The van der Waals surface area contributed by atoms with E-state index in [0.717, 1.165) is 72.8 Å². The number of hydrogen-bond acceptors (Lipinski definition) is 2. The first-order valence-corrected chi connectivity index (χ1v) is 16.2. The van der Waals surface area contributed by atoms with E-state index >= 15 is 0 Å². The second-order valence-electron chi connectivity index (χ2n) is 12.8. The van der Waals surface area contributed by atoms with E-state index < -0.39 is 47.0 Å². The molecule has 8 rings (SSSR count). The van der Waals surface area contributed by atoms with Crippen molar-refractivity contribution in [3.63, 3.8) is 0 Å². The van der Waals surface area contributed by atoms with Crippen molar-refractivity contribution in [3.05, 3.63) is 137 Å². The number of rotatable bonds is 3. The highest BCUT2D eigenvalue weighted by Crippen LogP contribution is 2.44. The van der Waals surface area contributed by atoms with Gasteiger partial charge in [0.2, 0.25) is 0 Å². The summed E-state index contributed by atoms with van der Waals surface area (Å²) in [6.07, 6.45) is -18.1. The summed E-state index contributed by atoms with van der Waals surface area (Å²) in [7, 11) is 0. The monoisotopic (exact) mass is 782 g/mol. The quantitative estimate of drug-likeness (QED) is 0.168. The minimum Gasteiger partial charge on any atom is -0.307 e. The molecule has 5 aromatic carbocycles. The Morgan fingerprint density at radius 3 is 1.23 bits per heavy atom. The molecule has 0 saturated heterocycles. The maximum absolute atomic E-state index is 13.9. The summed E-state index contributed by atoms with van der Waals surface area (Å²) in [4.78, 5) is 4.55. The predicted octanol–water partition coefficient (Wildman–Crippen LogP) is 12.9. The number of nitrogens with zero attached hydrogens (tertiary/aromatic N) is 4. The molecule has 3 heterocycles. The van der Waals surface area contributed by atoms with Gasteiger partial charge in [-0.05, 0) is 96.6 Å². The van der Waals surface area contributed by atoms with Gasteiger partial charge in [0.05, 0.1) is 67.8 Å². The van der Waals surface area contributed by atoms with Crippen molar-refractivity contribution in [2.75, 3.05) is 0 Å². The molecule has 0 N–H and O–H groups in total. The lowest BCUT2D eigenvalue weighted by Crippen LogP contribution is -2.06. The molecule has 0 aliphatic rings. The van der Waals surface area contributed by atoms with Crippen LogP contribution in [0.1, 0.15) is 27.8 Å². The van der Waals surface area contributed by atoms with Gasteiger partial charge < -0.3 is 4.57 Å². The van der Waals surface area contributed by atoms with Crippen molar-refractivity contribution in [2.24, 2.45) is 0 Å². The van der Waals surface area contributed by atoms with Gasteiger partial charge in [0.25, 0.3) is 0 Å². The fourth-order valence-electron chi connectivity index (χ4n) is 6.98. The van der Waals surface area contributed by atoms with Crippen molar-refractivity contribution < 1.29 is 52.7 Å².